The first-order valence-electron chi connectivity index (χ1n) is 5.74. The summed E-state index contributed by atoms with van der Waals surface area (Å²) in [5.74, 6) is 1.38. The Morgan fingerprint density at radius 3 is 2.67 bits per heavy atom. The van der Waals surface area contributed by atoms with Gasteiger partial charge in [-0.2, -0.15) is 0 Å². The molecular formula is C14H16N2O2. The number of para-hydroxylation sites is 1. The topological polar surface area (TPSA) is 57.4 Å². The second-order valence-electron chi connectivity index (χ2n) is 3.77. The fourth-order valence-corrected chi connectivity index (χ4v) is 1.68. The molecule has 0 bridgehead atoms. The van der Waals surface area contributed by atoms with Crippen LogP contribution in [0.1, 0.15) is 11.1 Å². The van der Waals surface area contributed by atoms with Gasteiger partial charge in [0.1, 0.15) is 12.4 Å². The summed E-state index contributed by atoms with van der Waals surface area (Å²) >= 11 is 0. The van der Waals surface area contributed by atoms with E-state index in [4.69, 9.17) is 15.2 Å². The predicted molar refractivity (Wildman–Crippen MR) is 69.5 cm³/mol. The van der Waals surface area contributed by atoms with Gasteiger partial charge in [0.25, 0.3) is 0 Å². The summed E-state index contributed by atoms with van der Waals surface area (Å²) in [5, 5.41) is 0. The largest absolute Gasteiger partial charge is 0.496 e. The number of aromatic nitrogens is 1. The molecule has 1 heterocycles. The van der Waals surface area contributed by atoms with Crippen molar-refractivity contribution in [1.82, 2.24) is 4.98 Å². The Morgan fingerprint density at radius 2 is 1.89 bits per heavy atom. The first kappa shape index (κ1) is 12.4. The van der Waals surface area contributed by atoms with Crippen LogP contribution in [0.2, 0.25) is 0 Å². The van der Waals surface area contributed by atoms with Crippen LogP contribution in [0.4, 0.5) is 0 Å². The van der Waals surface area contributed by atoms with Crippen LogP contribution in [-0.4, -0.2) is 12.1 Å². The molecule has 0 aliphatic rings. The maximum absolute atomic E-state index is 5.69. The minimum Gasteiger partial charge on any atom is -0.496 e. The van der Waals surface area contributed by atoms with E-state index in [9.17, 15) is 0 Å². The molecule has 2 N–H and O–H groups in total. The van der Waals surface area contributed by atoms with Crippen LogP contribution in [-0.2, 0) is 13.2 Å². The normalized spacial score (nSPS) is 10.1. The molecule has 4 nitrogen and oxygen atoms in total. The van der Waals surface area contributed by atoms with Crippen molar-refractivity contribution in [1.29, 1.82) is 0 Å². The molecule has 0 saturated heterocycles. The van der Waals surface area contributed by atoms with Crippen LogP contribution in [0.25, 0.3) is 0 Å². The smallest absolute Gasteiger partial charge is 0.218 e. The van der Waals surface area contributed by atoms with Gasteiger partial charge in [-0.3, -0.25) is 0 Å². The van der Waals surface area contributed by atoms with E-state index >= 15 is 0 Å². The molecule has 0 amide bonds. The van der Waals surface area contributed by atoms with E-state index in [0.717, 1.165) is 16.9 Å². The van der Waals surface area contributed by atoms with Crippen LogP contribution >= 0.6 is 0 Å². The van der Waals surface area contributed by atoms with Gasteiger partial charge in [-0.1, -0.05) is 24.3 Å². The van der Waals surface area contributed by atoms with Crippen molar-refractivity contribution in [3.8, 4) is 11.6 Å². The van der Waals surface area contributed by atoms with Crippen LogP contribution in [0.15, 0.2) is 42.6 Å². The molecule has 0 spiro atoms. The third kappa shape index (κ3) is 2.78. The van der Waals surface area contributed by atoms with E-state index in [0.29, 0.717) is 19.0 Å². The lowest BCUT2D eigenvalue weighted by Crippen LogP contribution is -2.05. The Balaban J connectivity index is 2.11. The summed E-state index contributed by atoms with van der Waals surface area (Å²) in [6, 6.07) is 11.5. The number of rotatable bonds is 5. The van der Waals surface area contributed by atoms with Crippen LogP contribution in [0, 0.1) is 0 Å². The Hall–Kier alpha value is -2.07. The van der Waals surface area contributed by atoms with Crippen LogP contribution in [0.5, 0.6) is 11.6 Å². The molecule has 0 atom stereocenters. The van der Waals surface area contributed by atoms with Crippen LogP contribution < -0.4 is 15.2 Å². The van der Waals surface area contributed by atoms with E-state index in [1.807, 2.05) is 36.4 Å². The average Bonchev–Trinajstić information content (AvgIpc) is 2.45. The highest BCUT2D eigenvalue weighted by Gasteiger charge is 2.06. The monoisotopic (exact) mass is 244 g/mol. The molecule has 0 aliphatic carbocycles. The molecule has 0 unspecified atom stereocenters. The zero-order valence-corrected chi connectivity index (χ0v) is 10.3. The van der Waals surface area contributed by atoms with Gasteiger partial charge >= 0.3 is 0 Å². The number of hydrogen-bond donors (Lipinski definition) is 1. The summed E-state index contributed by atoms with van der Waals surface area (Å²) in [6.45, 7) is 0.823. The summed E-state index contributed by atoms with van der Waals surface area (Å²) in [4.78, 5) is 4.18. The number of hydrogen-bond acceptors (Lipinski definition) is 4. The molecule has 2 rings (SSSR count). The number of methoxy groups -OCH3 is 1. The zero-order chi connectivity index (χ0) is 12.8. The first-order valence-corrected chi connectivity index (χ1v) is 5.74. The van der Waals surface area contributed by atoms with Gasteiger partial charge in [-0.25, -0.2) is 4.98 Å². The van der Waals surface area contributed by atoms with E-state index < -0.39 is 0 Å². The number of ether oxygens (including phenoxy) is 2. The van der Waals surface area contributed by atoms with Crippen molar-refractivity contribution < 1.29 is 9.47 Å². The molecule has 0 radical (unpaired) electrons. The molecule has 0 aliphatic heterocycles. The molecule has 94 valence electrons. The Labute approximate surface area is 106 Å². The van der Waals surface area contributed by atoms with Crippen molar-refractivity contribution in [2.45, 2.75) is 13.2 Å². The standard InChI is InChI=1S/C14H16N2O2/c1-17-13-7-3-2-5-12(13)10-18-14-11(9-15)6-4-8-16-14/h2-8H,9-10,15H2,1H3. The zero-order valence-electron chi connectivity index (χ0n) is 10.3. The molecule has 0 saturated carbocycles. The number of nitrogens with two attached hydrogens (primary N) is 1. The maximum atomic E-state index is 5.69. The lowest BCUT2D eigenvalue weighted by molar-refractivity contribution is 0.282. The molecule has 4 heteroatoms. The number of benzene rings is 1. The lowest BCUT2D eigenvalue weighted by Gasteiger charge is -2.11. The first-order chi connectivity index (χ1) is 8.85. The van der Waals surface area contributed by atoms with Gasteiger partial charge < -0.3 is 15.2 Å². The van der Waals surface area contributed by atoms with Crippen molar-refractivity contribution in [2.75, 3.05) is 7.11 Å². The molecule has 18 heavy (non-hydrogen) atoms. The van der Waals surface area contributed by atoms with Crippen molar-refractivity contribution in [2.24, 2.45) is 5.73 Å². The van der Waals surface area contributed by atoms with Gasteiger partial charge in [0, 0.05) is 23.9 Å². The minimum atomic E-state index is 0.411. The van der Waals surface area contributed by atoms with Crippen molar-refractivity contribution in [3.63, 3.8) is 0 Å². The minimum absolute atomic E-state index is 0.411. The van der Waals surface area contributed by atoms with Gasteiger partial charge in [0.15, 0.2) is 0 Å². The Kier molecular flexibility index (Phi) is 4.15. The molecule has 2 aromatic rings. The molecule has 1 aromatic heterocycles. The average molecular weight is 244 g/mol. The SMILES string of the molecule is COc1ccccc1COc1ncccc1CN. The molecule has 0 fully saturated rings. The molecular weight excluding hydrogens is 228 g/mol. The molecule has 1 aromatic carbocycles. The highest BCUT2D eigenvalue weighted by Crippen LogP contribution is 2.20. The summed E-state index contributed by atoms with van der Waals surface area (Å²) in [5.41, 5.74) is 7.51. The highest BCUT2D eigenvalue weighted by atomic mass is 16.5. The number of pyridine rings is 1. The van der Waals surface area contributed by atoms with E-state index in [2.05, 4.69) is 4.98 Å². The van der Waals surface area contributed by atoms with Crippen LogP contribution in [0.3, 0.4) is 0 Å². The Bertz CT molecular complexity index is 467. The summed E-state index contributed by atoms with van der Waals surface area (Å²) in [6.07, 6.45) is 1.69. The fourth-order valence-electron chi connectivity index (χ4n) is 1.68. The maximum Gasteiger partial charge on any atom is 0.218 e. The second-order valence-corrected chi connectivity index (χ2v) is 3.77. The Morgan fingerprint density at radius 1 is 1.11 bits per heavy atom. The van der Waals surface area contributed by atoms with E-state index in [1.165, 1.54) is 0 Å². The van der Waals surface area contributed by atoms with Gasteiger partial charge in [0.05, 0.1) is 7.11 Å². The fraction of sp³-hybridized carbons (Fsp3) is 0.214. The predicted octanol–water partition coefficient (Wildman–Crippen LogP) is 2.13. The second kappa shape index (κ2) is 6.02. The quantitative estimate of drug-likeness (QED) is 0.875. The third-order valence-corrected chi connectivity index (χ3v) is 2.63. The van der Waals surface area contributed by atoms with E-state index in [-0.39, 0.29) is 0 Å². The lowest BCUT2D eigenvalue weighted by atomic mass is 10.2. The highest BCUT2D eigenvalue weighted by molar-refractivity contribution is 5.33. The number of nitrogens with zero attached hydrogens (tertiary/aromatic N) is 1. The van der Waals surface area contributed by atoms with Gasteiger partial charge in [-0.15, -0.1) is 0 Å². The summed E-state index contributed by atoms with van der Waals surface area (Å²) in [7, 11) is 1.64. The third-order valence-electron chi connectivity index (χ3n) is 2.63. The van der Waals surface area contributed by atoms with Crippen molar-refractivity contribution in [3.05, 3.63) is 53.7 Å². The van der Waals surface area contributed by atoms with Gasteiger partial charge in [0.2, 0.25) is 5.88 Å². The van der Waals surface area contributed by atoms with Gasteiger partial charge in [-0.05, 0) is 12.1 Å². The van der Waals surface area contributed by atoms with Crippen molar-refractivity contribution >= 4 is 0 Å². The van der Waals surface area contributed by atoms with E-state index in [1.54, 1.807) is 13.3 Å². The summed E-state index contributed by atoms with van der Waals surface area (Å²) < 4.78 is 11.0.